The first-order valence-electron chi connectivity index (χ1n) is 9.85. The van der Waals surface area contributed by atoms with Crippen molar-refractivity contribution in [2.24, 2.45) is 0 Å². The van der Waals surface area contributed by atoms with E-state index in [9.17, 15) is 4.79 Å². The monoisotopic (exact) mass is 397 g/mol. The van der Waals surface area contributed by atoms with Gasteiger partial charge in [0.05, 0.1) is 31.0 Å². The van der Waals surface area contributed by atoms with Crippen LogP contribution in [0.15, 0.2) is 103 Å². The first-order chi connectivity index (χ1) is 14.8. The van der Waals surface area contributed by atoms with Crippen molar-refractivity contribution in [2.45, 2.75) is 18.6 Å². The standard InChI is InChI=1S/C24H23N5O/c30-24(27-22(18-29-25-16-17-26-29)19-10-4-1-5-11-19)28-23(20-12-6-2-7-13-20)21-14-8-3-9-15-21/h1-17,22-23H,18H2,(H2,27,28,30). The van der Waals surface area contributed by atoms with Crippen LogP contribution in [0.3, 0.4) is 0 Å². The van der Waals surface area contributed by atoms with Gasteiger partial charge in [0, 0.05) is 0 Å². The van der Waals surface area contributed by atoms with Crippen molar-refractivity contribution < 1.29 is 4.79 Å². The van der Waals surface area contributed by atoms with E-state index in [-0.39, 0.29) is 18.1 Å². The molecule has 2 amide bonds. The van der Waals surface area contributed by atoms with Crippen molar-refractivity contribution in [2.75, 3.05) is 0 Å². The summed E-state index contributed by atoms with van der Waals surface area (Å²) in [6.07, 6.45) is 3.26. The molecule has 4 rings (SSSR count). The molecule has 3 aromatic carbocycles. The molecule has 0 aliphatic carbocycles. The highest BCUT2D eigenvalue weighted by atomic mass is 16.2. The Hall–Kier alpha value is -3.93. The van der Waals surface area contributed by atoms with Gasteiger partial charge in [-0.15, -0.1) is 0 Å². The fourth-order valence-electron chi connectivity index (χ4n) is 3.40. The van der Waals surface area contributed by atoms with Crippen molar-refractivity contribution in [3.63, 3.8) is 0 Å². The van der Waals surface area contributed by atoms with Gasteiger partial charge < -0.3 is 10.6 Å². The highest BCUT2D eigenvalue weighted by molar-refractivity contribution is 5.75. The van der Waals surface area contributed by atoms with Gasteiger partial charge in [0.25, 0.3) is 0 Å². The predicted octanol–water partition coefficient (Wildman–Crippen LogP) is 4.11. The van der Waals surface area contributed by atoms with Crippen LogP contribution >= 0.6 is 0 Å². The lowest BCUT2D eigenvalue weighted by Crippen LogP contribution is -2.41. The number of hydrogen-bond donors (Lipinski definition) is 2. The van der Waals surface area contributed by atoms with E-state index in [4.69, 9.17) is 0 Å². The lowest BCUT2D eigenvalue weighted by Gasteiger charge is -2.23. The van der Waals surface area contributed by atoms with E-state index >= 15 is 0 Å². The van der Waals surface area contributed by atoms with Crippen LogP contribution in [0.2, 0.25) is 0 Å². The van der Waals surface area contributed by atoms with Gasteiger partial charge in [-0.2, -0.15) is 15.0 Å². The van der Waals surface area contributed by atoms with E-state index in [2.05, 4.69) is 20.8 Å². The second-order valence-electron chi connectivity index (χ2n) is 6.92. The number of hydrogen-bond acceptors (Lipinski definition) is 3. The van der Waals surface area contributed by atoms with Crippen LogP contribution in [0.1, 0.15) is 28.8 Å². The molecule has 0 saturated heterocycles. The minimum absolute atomic E-state index is 0.256. The number of carbonyl (C=O) groups is 1. The molecule has 0 saturated carbocycles. The molecule has 6 heteroatoms. The van der Waals surface area contributed by atoms with Crippen LogP contribution in [-0.4, -0.2) is 21.0 Å². The van der Waals surface area contributed by atoms with Crippen molar-refractivity contribution in [1.29, 1.82) is 0 Å². The third kappa shape index (κ3) is 4.91. The zero-order chi connectivity index (χ0) is 20.6. The van der Waals surface area contributed by atoms with E-state index in [0.29, 0.717) is 6.54 Å². The maximum absolute atomic E-state index is 13.0. The second kappa shape index (κ2) is 9.52. The number of carbonyl (C=O) groups excluding carboxylic acids is 1. The number of rotatable bonds is 7. The van der Waals surface area contributed by atoms with Crippen molar-refractivity contribution in [3.8, 4) is 0 Å². The van der Waals surface area contributed by atoms with Crippen LogP contribution < -0.4 is 10.6 Å². The summed E-state index contributed by atoms with van der Waals surface area (Å²) in [6.45, 7) is 0.436. The maximum atomic E-state index is 13.0. The molecule has 0 aliphatic rings. The highest BCUT2D eigenvalue weighted by Gasteiger charge is 2.20. The van der Waals surface area contributed by atoms with E-state index in [0.717, 1.165) is 16.7 Å². The van der Waals surface area contributed by atoms with Gasteiger partial charge in [-0.05, 0) is 16.7 Å². The van der Waals surface area contributed by atoms with Crippen LogP contribution in [0, 0.1) is 0 Å². The minimum atomic E-state index is -0.272. The molecule has 1 unspecified atom stereocenters. The molecule has 0 spiro atoms. The van der Waals surface area contributed by atoms with Gasteiger partial charge in [-0.3, -0.25) is 0 Å². The zero-order valence-electron chi connectivity index (χ0n) is 16.4. The third-order valence-electron chi connectivity index (χ3n) is 4.86. The molecule has 0 bridgehead atoms. The smallest absolute Gasteiger partial charge is 0.316 e. The summed E-state index contributed by atoms with van der Waals surface area (Å²) in [5, 5.41) is 14.6. The lowest BCUT2D eigenvalue weighted by molar-refractivity contribution is 0.232. The summed E-state index contributed by atoms with van der Waals surface area (Å²) in [6, 6.07) is 28.9. The highest BCUT2D eigenvalue weighted by Crippen LogP contribution is 2.22. The Kier molecular flexibility index (Phi) is 6.15. The Morgan fingerprint density at radius 2 is 1.17 bits per heavy atom. The molecule has 6 nitrogen and oxygen atoms in total. The largest absolute Gasteiger partial charge is 0.329 e. The molecule has 150 valence electrons. The average molecular weight is 397 g/mol. The van der Waals surface area contributed by atoms with Gasteiger partial charge in [-0.1, -0.05) is 91.0 Å². The molecule has 0 fully saturated rings. The molecule has 4 aromatic rings. The van der Waals surface area contributed by atoms with Crippen LogP contribution in [0.25, 0.3) is 0 Å². The number of amides is 2. The first kappa shape index (κ1) is 19.4. The van der Waals surface area contributed by atoms with Gasteiger partial charge in [-0.25, -0.2) is 4.79 Å². The number of aromatic nitrogens is 3. The SMILES string of the molecule is O=C(NC(Cn1nccn1)c1ccccc1)NC(c1ccccc1)c1ccccc1. The maximum Gasteiger partial charge on any atom is 0.316 e. The van der Waals surface area contributed by atoms with Crippen molar-refractivity contribution in [1.82, 2.24) is 25.6 Å². The molecule has 1 aromatic heterocycles. The van der Waals surface area contributed by atoms with Gasteiger partial charge in [0.2, 0.25) is 0 Å². The Balaban J connectivity index is 1.55. The summed E-state index contributed by atoms with van der Waals surface area (Å²) in [5.41, 5.74) is 3.02. The van der Waals surface area contributed by atoms with Crippen LogP contribution in [0.5, 0.6) is 0 Å². The molecular weight excluding hydrogens is 374 g/mol. The minimum Gasteiger partial charge on any atom is -0.329 e. The first-order valence-corrected chi connectivity index (χ1v) is 9.85. The lowest BCUT2D eigenvalue weighted by atomic mass is 9.99. The molecule has 1 atom stereocenters. The van der Waals surface area contributed by atoms with Gasteiger partial charge >= 0.3 is 6.03 Å². The molecule has 1 heterocycles. The molecule has 0 radical (unpaired) electrons. The average Bonchev–Trinajstić information content (AvgIpc) is 3.32. The Morgan fingerprint density at radius 1 is 0.700 bits per heavy atom. The normalized spacial score (nSPS) is 11.8. The fraction of sp³-hybridized carbons (Fsp3) is 0.125. The summed E-state index contributed by atoms with van der Waals surface area (Å²) in [4.78, 5) is 14.6. The summed E-state index contributed by atoms with van der Waals surface area (Å²) < 4.78 is 0. The van der Waals surface area contributed by atoms with Crippen molar-refractivity contribution >= 4 is 6.03 Å². The molecular formula is C24H23N5O. The van der Waals surface area contributed by atoms with E-state index in [1.54, 1.807) is 17.2 Å². The summed E-state index contributed by atoms with van der Waals surface area (Å²) in [5.74, 6) is 0. The zero-order valence-corrected chi connectivity index (χ0v) is 16.4. The topological polar surface area (TPSA) is 71.8 Å². The Bertz CT molecular complexity index is 997. The van der Waals surface area contributed by atoms with Gasteiger partial charge in [0.1, 0.15) is 0 Å². The van der Waals surface area contributed by atoms with Crippen molar-refractivity contribution in [3.05, 3.63) is 120 Å². The predicted molar refractivity (Wildman–Crippen MR) is 116 cm³/mol. The molecule has 0 aliphatic heterocycles. The van der Waals surface area contributed by atoms with E-state index in [1.807, 2.05) is 91.0 Å². The van der Waals surface area contributed by atoms with E-state index < -0.39 is 0 Å². The molecule has 30 heavy (non-hydrogen) atoms. The Labute approximate surface area is 175 Å². The number of urea groups is 1. The van der Waals surface area contributed by atoms with Crippen LogP contribution in [0.4, 0.5) is 4.79 Å². The quantitative estimate of drug-likeness (QED) is 0.493. The summed E-state index contributed by atoms with van der Waals surface area (Å²) in [7, 11) is 0. The number of nitrogens with one attached hydrogen (secondary N) is 2. The Morgan fingerprint density at radius 3 is 1.67 bits per heavy atom. The van der Waals surface area contributed by atoms with E-state index in [1.165, 1.54) is 0 Å². The van der Waals surface area contributed by atoms with Gasteiger partial charge in [0.15, 0.2) is 0 Å². The van der Waals surface area contributed by atoms with Crippen LogP contribution in [-0.2, 0) is 6.54 Å². The summed E-state index contributed by atoms with van der Waals surface area (Å²) >= 11 is 0. The fourth-order valence-corrected chi connectivity index (χ4v) is 3.40. The number of benzene rings is 3. The molecule has 2 N–H and O–H groups in total. The third-order valence-corrected chi connectivity index (χ3v) is 4.86. The second-order valence-corrected chi connectivity index (χ2v) is 6.92. The number of nitrogens with zero attached hydrogens (tertiary/aromatic N) is 3.